The molecule has 2 saturated carbocycles. The summed E-state index contributed by atoms with van der Waals surface area (Å²) < 4.78 is 37.3. The molecule has 2 heterocycles. The highest BCUT2D eigenvalue weighted by Crippen LogP contribution is 2.39. The van der Waals surface area contributed by atoms with Gasteiger partial charge in [-0.1, -0.05) is 12.1 Å². The average Bonchev–Trinajstić information content (AvgIpc) is 3.07. The minimum atomic E-state index is -0.112. The third-order valence-electron chi connectivity index (χ3n) is 11.5. The van der Waals surface area contributed by atoms with Crippen molar-refractivity contribution in [2.24, 2.45) is 11.8 Å². The molecule has 2 saturated heterocycles. The summed E-state index contributed by atoms with van der Waals surface area (Å²) in [5.74, 6) is 2.77. The number of aryl methyl sites for hydroxylation is 2. The van der Waals surface area contributed by atoms with Crippen LogP contribution in [-0.4, -0.2) is 51.6 Å². The summed E-state index contributed by atoms with van der Waals surface area (Å²) >= 11 is 0. The van der Waals surface area contributed by atoms with Crippen LogP contribution >= 0.6 is 0 Å². The summed E-state index contributed by atoms with van der Waals surface area (Å²) in [5, 5.41) is 7.41. The van der Waals surface area contributed by atoms with Crippen molar-refractivity contribution in [3.63, 3.8) is 0 Å². The molecule has 0 aromatic heterocycles. The summed E-state index contributed by atoms with van der Waals surface area (Å²) in [7, 11) is 0. The Morgan fingerprint density at radius 2 is 0.913 bits per heavy atom. The van der Waals surface area contributed by atoms with Crippen LogP contribution in [0, 0.1) is 37.3 Å². The predicted molar refractivity (Wildman–Crippen MR) is 185 cm³/mol. The fourth-order valence-corrected chi connectivity index (χ4v) is 8.51. The van der Waals surface area contributed by atoms with Crippen molar-refractivity contribution in [1.82, 2.24) is 10.6 Å². The molecule has 46 heavy (non-hydrogen) atoms. The van der Waals surface area contributed by atoms with Gasteiger partial charge in [0.15, 0.2) is 0 Å². The standard InChI is InChI=1S/2C20H30FNO/c2*1-15-14-18(21)6-7-20(15)17-4-2-16(3-5-17)8-11-22-19-9-12-23-13-10-19/h2*6-7,14,16-17,19,22H,2-5,8-13H2,1H3. The molecule has 4 nitrogen and oxygen atoms in total. The highest BCUT2D eigenvalue weighted by Gasteiger charge is 2.25. The molecule has 2 N–H and O–H groups in total. The van der Waals surface area contributed by atoms with Gasteiger partial charge in [0.05, 0.1) is 0 Å². The maximum absolute atomic E-state index is 13.3. The second-order valence-electron chi connectivity index (χ2n) is 14.7. The van der Waals surface area contributed by atoms with E-state index in [1.165, 1.54) is 75.3 Å². The SMILES string of the molecule is Cc1cc(F)ccc1C1CCC(CCNC2CCOCC2)CC1.Cc1cc(F)ccc1C1CCC(CCNC2CCOCC2)CC1. The Balaban J connectivity index is 0.000000181. The highest BCUT2D eigenvalue weighted by atomic mass is 19.1. The second kappa shape index (κ2) is 18.6. The zero-order valence-electron chi connectivity index (χ0n) is 28.6. The lowest BCUT2D eigenvalue weighted by Crippen LogP contribution is -2.36. The first-order valence-corrected chi connectivity index (χ1v) is 18.6. The molecule has 0 amide bonds. The molecule has 0 spiro atoms. The molecule has 6 rings (SSSR count). The van der Waals surface area contributed by atoms with E-state index in [0.29, 0.717) is 23.9 Å². The molecule has 2 aromatic carbocycles. The smallest absolute Gasteiger partial charge is 0.123 e. The van der Waals surface area contributed by atoms with E-state index in [4.69, 9.17) is 9.47 Å². The molecule has 4 aliphatic rings. The monoisotopic (exact) mass is 638 g/mol. The van der Waals surface area contributed by atoms with Crippen LogP contribution in [-0.2, 0) is 9.47 Å². The first-order valence-electron chi connectivity index (χ1n) is 18.6. The van der Waals surface area contributed by atoms with Crippen LogP contribution < -0.4 is 10.6 Å². The Bertz CT molecular complexity index is 1070. The Morgan fingerprint density at radius 3 is 1.26 bits per heavy atom. The number of halogens is 2. The lowest BCUT2D eigenvalue weighted by Gasteiger charge is -2.30. The summed E-state index contributed by atoms with van der Waals surface area (Å²) in [4.78, 5) is 0. The van der Waals surface area contributed by atoms with Crippen LogP contribution in [0.2, 0.25) is 0 Å². The van der Waals surface area contributed by atoms with E-state index in [-0.39, 0.29) is 11.6 Å². The zero-order chi connectivity index (χ0) is 32.1. The lowest BCUT2D eigenvalue weighted by atomic mass is 9.76. The highest BCUT2D eigenvalue weighted by molar-refractivity contribution is 5.31. The summed E-state index contributed by atoms with van der Waals surface area (Å²) in [5.41, 5.74) is 4.97. The van der Waals surface area contributed by atoms with Gasteiger partial charge in [-0.15, -0.1) is 0 Å². The van der Waals surface area contributed by atoms with Crippen LogP contribution in [0.3, 0.4) is 0 Å². The minimum absolute atomic E-state index is 0.112. The van der Waals surface area contributed by atoms with Crippen molar-refractivity contribution in [3.8, 4) is 0 Å². The number of hydrogen-bond acceptors (Lipinski definition) is 4. The first-order chi connectivity index (χ1) is 22.4. The molecule has 256 valence electrons. The molecule has 2 aromatic rings. The van der Waals surface area contributed by atoms with E-state index in [2.05, 4.69) is 10.6 Å². The lowest BCUT2D eigenvalue weighted by molar-refractivity contribution is 0.0773. The van der Waals surface area contributed by atoms with Crippen LogP contribution in [0.15, 0.2) is 36.4 Å². The number of benzene rings is 2. The average molecular weight is 639 g/mol. The largest absolute Gasteiger partial charge is 0.381 e. The molecule has 6 heteroatoms. The quantitative estimate of drug-likeness (QED) is 0.272. The van der Waals surface area contributed by atoms with E-state index in [1.54, 1.807) is 24.3 Å². The Kier molecular flexibility index (Phi) is 14.3. The van der Waals surface area contributed by atoms with Crippen molar-refractivity contribution in [3.05, 3.63) is 70.3 Å². The topological polar surface area (TPSA) is 42.5 Å². The molecule has 0 unspecified atom stereocenters. The molecule has 2 aliphatic carbocycles. The first kappa shape index (κ1) is 35.4. The fourth-order valence-electron chi connectivity index (χ4n) is 8.51. The van der Waals surface area contributed by atoms with Gasteiger partial charge in [0.1, 0.15) is 11.6 Å². The van der Waals surface area contributed by atoms with Gasteiger partial charge in [-0.2, -0.15) is 0 Å². The molecule has 0 bridgehead atoms. The van der Waals surface area contributed by atoms with Crippen molar-refractivity contribution in [2.45, 2.75) is 128 Å². The number of nitrogens with one attached hydrogen (secondary N) is 2. The van der Waals surface area contributed by atoms with Gasteiger partial charge in [-0.05, 0) is 187 Å². The molecule has 0 atom stereocenters. The van der Waals surface area contributed by atoms with E-state index in [0.717, 1.165) is 88.2 Å². The van der Waals surface area contributed by atoms with E-state index >= 15 is 0 Å². The van der Waals surface area contributed by atoms with Crippen LogP contribution in [0.25, 0.3) is 0 Å². The second-order valence-corrected chi connectivity index (χ2v) is 14.7. The van der Waals surface area contributed by atoms with Gasteiger partial charge in [0.25, 0.3) is 0 Å². The van der Waals surface area contributed by atoms with Crippen molar-refractivity contribution >= 4 is 0 Å². The van der Waals surface area contributed by atoms with E-state index in [9.17, 15) is 8.78 Å². The van der Waals surface area contributed by atoms with E-state index in [1.807, 2.05) is 26.0 Å². The third-order valence-corrected chi connectivity index (χ3v) is 11.5. The summed E-state index contributed by atoms with van der Waals surface area (Å²) in [6, 6.07) is 11.9. The predicted octanol–water partition coefficient (Wildman–Crippen LogP) is 9.13. The van der Waals surface area contributed by atoms with Gasteiger partial charge in [-0.3, -0.25) is 0 Å². The van der Waals surface area contributed by atoms with Crippen molar-refractivity contribution in [2.75, 3.05) is 39.5 Å². The van der Waals surface area contributed by atoms with Crippen molar-refractivity contribution < 1.29 is 18.3 Å². The third kappa shape index (κ3) is 11.1. The number of rotatable bonds is 10. The maximum Gasteiger partial charge on any atom is 0.123 e. The fraction of sp³-hybridized carbons (Fsp3) is 0.700. The summed E-state index contributed by atoms with van der Waals surface area (Å²) in [6.45, 7) is 10.1. The Hall–Kier alpha value is -1.86. The van der Waals surface area contributed by atoms with Gasteiger partial charge < -0.3 is 20.1 Å². The van der Waals surface area contributed by atoms with Gasteiger partial charge in [0.2, 0.25) is 0 Å². The zero-order valence-corrected chi connectivity index (χ0v) is 28.6. The van der Waals surface area contributed by atoms with E-state index < -0.39 is 0 Å². The molecular weight excluding hydrogens is 578 g/mol. The van der Waals surface area contributed by atoms with Gasteiger partial charge in [0, 0.05) is 38.5 Å². The normalized spacial score (nSPS) is 26.3. The Labute approximate surface area is 277 Å². The van der Waals surface area contributed by atoms with Crippen LogP contribution in [0.5, 0.6) is 0 Å². The summed E-state index contributed by atoms with van der Waals surface area (Å²) in [6.07, 6.45) is 17.5. The van der Waals surface area contributed by atoms with Crippen molar-refractivity contribution in [1.29, 1.82) is 0 Å². The Morgan fingerprint density at radius 1 is 0.543 bits per heavy atom. The molecule has 2 aliphatic heterocycles. The molecular formula is C40H60F2N2O2. The van der Waals surface area contributed by atoms with Gasteiger partial charge >= 0.3 is 0 Å². The van der Waals surface area contributed by atoms with Crippen LogP contribution in [0.4, 0.5) is 8.78 Å². The number of ether oxygens (including phenoxy) is 2. The maximum atomic E-state index is 13.3. The van der Waals surface area contributed by atoms with Gasteiger partial charge in [-0.25, -0.2) is 8.78 Å². The molecule has 0 radical (unpaired) electrons. The minimum Gasteiger partial charge on any atom is -0.381 e. The van der Waals surface area contributed by atoms with Crippen LogP contribution in [0.1, 0.15) is 124 Å². The number of hydrogen-bond donors (Lipinski definition) is 2. The molecule has 4 fully saturated rings.